The molecule has 0 bridgehead atoms. The maximum atomic E-state index is 12.1. The highest BCUT2D eigenvalue weighted by molar-refractivity contribution is 14.1. The molecule has 2 aromatic heterocycles. The summed E-state index contributed by atoms with van der Waals surface area (Å²) < 4.78 is 13.0. The number of fused-ring (bicyclic) bond motifs is 1. The molecule has 134 valence electrons. The molecule has 0 saturated carbocycles. The molecule has 4 aromatic rings. The predicted molar refractivity (Wildman–Crippen MR) is 116 cm³/mol. The first-order valence-electron chi connectivity index (χ1n) is 7.97. The largest absolute Gasteiger partial charge is 0.465 e. The fraction of sp³-hybridized carbons (Fsp3) is 0. The van der Waals surface area contributed by atoms with Gasteiger partial charge in [0, 0.05) is 19.8 Å². The fourth-order valence-electron chi connectivity index (χ4n) is 2.51. The summed E-state index contributed by atoms with van der Waals surface area (Å²) in [7, 11) is 0. The van der Waals surface area contributed by atoms with Crippen LogP contribution in [0.3, 0.4) is 0 Å². The van der Waals surface area contributed by atoms with Gasteiger partial charge < -0.3 is 14.2 Å². The number of hydrogen-bond donors (Lipinski definition) is 1. The number of carbonyl (C=O) groups excluding carboxylic acids is 1. The molecule has 0 radical (unpaired) electrons. The molecule has 0 spiro atoms. The van der Waals surface area contributed by atoms with Crippen molar-refractivity contribution < 1.29 is 13.6 Å². The van der Waals surface area contributed by atoms with Crippen LogP contribution in [0.1, 0.15) is 5.76 Å². The highest BCUT2D eigenvalue weighted by atomic mass is 127. The number of furan rings is 1. The normalized spacial score (nSPS) is 11.3. The van der Waals surface area contributed by atoms with Crippen molar-refractivity contribution in [1.29, 1.82) is 0 Å². The number of halogens is 2. The summed E-state index contributed by atoms with van der Waals surface area (Å²) in [6.45, 7) is 0. The van der Waals surface area contributed by atoms with E-state index in [4.69, 9.17) is 8.83 Å². The third kappa shape index (κ3) is 4.14. The molecule has 27 heavy (non-hydrogen) atoms. The van der Waals surface area contributed by atoms with Crippen molar-refractivity contribution in [2.45, 2.75) is 0 Å². The molecule has 0 atom stereocenters. The number of carbonyl (C=O) groups is 1. The van der Waals surface area contributed by atoms with E-state index < -0.39 is 0 Å². The lowest BCUT2D eigenvalue weighted by atomic mass is 10.2. The standard InChI is InChI=1S/C20H12BrIN2O3/c21-16-6-3-12(22)10-15(16)20-24-17-11-13(4-7-18(17)27-20)23-19(25)8-5-14-2-1-9-26-14/h1-11H,(H,23,25)/b8-5+. The second kappa shape index (κ2) is 7.69. The lowest BCUT2D eigenvalue weighted by Gasteiger charge is -2.00. The SMILES string of the molecule is O=C(/C=C/c1ccco1)Nc1ccc2oc(-c3cc(I)ccc3Br)nc2c1. The second-order valence-electron chi connectivity index (χ2n) is 5.66. The summed E-state index contributed by atoms with van der Waals surface area (Å²) in [6, 6.07) is 14.8. The van der Waals surface area contributed by atoms with Crippen LogP contribution < -0.4 is 5.32 Å². The van der Waals surface area contributed by atoms with E-state index in [2.05, 4.69) is 48.8 Å². The Morgan fingerprint density at radius 2 is 2.07 bits per heavy atom. The Hall–Kier alpha value is -2.39. The molecular weight excluding hydrogens is 523 g/mol. The van der Waals surface area contributed by atoms with Gasteiger partial charge in [0.25, 0.3) is 0 Å². The minimum atomic E-state index is -0.255. The van der Waals surface area contributed by atoms with E-state index in [0.717, 1.165) is 13.6 Å². The van der Waals surface area contributed by atoms with Crippen molar-refractivity contribution in [3.05, 3.63) is 74.7 Å². The quantitative estimate of drug-likeness (QED) is 0.253. The molecule has 0 aliphatic rings. The zero-order valence-electron chi connectivity index (χ0n) is 13.8. The molecule has 5 nitrogen and oxygen atoms in total. The zero-order valence-corrected chi connectivity index (χ0v) is 17.5. The Morgan fingerprint density at radius 3 is 2.89 bits per heavy atom. The van der Waals surface area contributed by atoms with Crippen molar-refractivity contribution in [1.82, 2.24) is 4.98 Å². The third-order valence-electron chi connectivity index (χ3n) is 3.76. The Balaban J connectivity index is 1.57. The van der Waals surface area contributed by atoms with E-state index in [0.29, 0.717) is 28.4 Å². The monoisotopic (exact) mass is 534 g/mol. The van der Waals surface area contributed by atoms with Gasteiger partial charge in [-0.2, -0.15) is 0 Å². The van der Waals surface area contributed by atoms with Gasteiger partial charge in [-0.15, -0.1) is 0 Å². The number of oxazole rings is 1. The maximum Gasteiger partial charge on any atom is 0.248 e. The van der Waals surface area contributed by atoms with Gasteiger partial charge in [-0.3, -0.25) is 4.79 Å². The van der Waals surface area contributed by atoms with Crippen molar-refractivity contribution in [2.75, 3.05) is 5.32 Å². The first-order chi connectivity index (χ1) is 13.1. The van der Waals surface area contributed by atoms with E-state index in [1.807, 2.05) is 18.2 Å². The minimum absolute atomic E-state index is 0.255. The van der Waals surface area contributed by atoms with Gasteiger partial charge in [0.05, 0.1) is 11.8 Å². The van der Waals surface area contributed by atoms with Crippen molar-refractivity contribution in [3.63, 3.8) is 0 Å². The maximum absolute atomic E-state index is 12.1. The molecular formula is C20H12BrIN2O3. The predicted octanol–water partition coefficient (Wildman–Crippen LogP) is 6.11. The number of amides is 1. The van der Waals surface area contributed by atoms with Crippen molar-refractivity contribution in [3.8, 4) is 11.5 Å². The van der Waals surface area contributed by atoms with Gasteiger partial charge in [0.2, 0.25) is 11.8 Å². The second-order valence-corrected chi connectivity index (χ2v) is 7.76. The highest BCUT2D eigenvalue weighted by Crippen LogP contribution is 2.32. The summed E-state index contributed by atoms with van der Waals surface area (Å²) in [4.78, 5) is 16.6. The number of nitrogens with zero attached hydrogens (tertiary/aromatic N) is 1. The van der Waals surface area contributed by atoms with Crippen LogP contribution in [0, 0.1) is 3.57 Å². The zero-order chi connectivity index (χ0) is 18.8. The van der Waals surface area contributed by atoms with Crippen molar-refractivity contribution >= 4 is 67.3 Å². The molecule has 0 aliphatic heterocycles. The summed E-state index contributed by atoms with van der Waals surface area (Å²) >= 11 is 5.78. The van der Waals surface area contributed by atoms with E-state index in [1.165, 1.54) is 6.08 Å². The summed E-state index contributed by atoms with van der Waals surface area (Å²) in [5, 5.41) is 2.81. The molecule has 2 aromatic carbocycles. The van der Waals surface area contributed by atoms with Crippen LogP contribution in [-0.2, 0) is 4.79 Å². The lowest BCUT2D eigenvalue weighted by Crippen LogP contribution is -2.07. The van der Waals surface area contributed by atoms with Gasteiger partial charge in [-0.1, -0.05) is 0 Å². The van der Waals surface area contributed by atoms with Crippen LogP contribution in [0.4, 0.5) is 5.69 Å². The summed E-state index contributed by atoms with van der Waals surface area (Å²) in [6.07, 6.45) is 4.58. The van der Waals surface area contributed by atoms with Gasteiger partial charge >= 0.3 is 0 Å². The van der Waals surface area contributed by atoms with Crippen LogP contribution in [0.5, 0.6) is 0 Å². The Labute approximate surface area is 176 Å². The van der Waals surface area contributed by atoms with Gasteiger partial charge in [0.1, 0.15) is 11.3 Å². The molecule has 4 rings (SSSR count). The molecule has 0 aliphatic carbocycles. The molecule has 7 heteroatoms. The Morgan fingerprint density at radius 1 is 1.19 bits per heavy atom. The Kier molecular flexibility index (Phi) is 5.13. The van der Waals surface area contributed by atoms with Crippen LogP contribution in [0.25, 0.3) is 28.6 Å². The minimum Gasteiger partial charge on any atom is -0.465 e. The number of hydrogen-bond acceptors (Lipinski definition) is 4. The van der Waals surface area contributed by atoms with Crippen LogP contribution >= 0.6 is 38.5 Å². The number of rotatable bonds is 4. The molecule has 1 N–H and O–H groups in total. The van der Waals surface area contributed by atoms with Gasteiger partial charge in [-0.25, -0.2) is 4.98 Å². The molecule has 0 fully saturated rings. The topological polar surface area (TPSA) is 68.3 Å². The molecule has 1 amide bonds. The van der Waals surface area contributed by atoms with Crippen LogP contribution in [-0.4, -0.2) is 10.9 Å². The van der Waals surface area contributed by atoms with Crippen LogP contribution in [0.15, 0.2) is 74.2 Å². The van der Waals surface area contributed by atoms with E-state index in [-0.39, 0.29) is 5.91 Å². The molecule has 2 heterocycles. The van der Waals surface area contributed by atoms with Gasteiger partial charge in [0.15, 0.2) is 5.58 Å². The first kappa shape index (κ1) is 18.0. The first-order valence-corrected chi connectivity index (χ1v) is 9.84. The number of nitrogens with one attached hydrogen (secondary N) is 1. The number of aromatic nitrogens is 1. The lowest BCUT2D eigenvalue weighted by molar-refractivity contribution is -0.111. The number of benzene rings is 2. The smallest absolute Gasteiger partial charge is 0.248 e. The summed E-state index contributed by atoms with van der Waals surface area (Å²) in [5.74, 6) is 0.885. The van der Waals surface area contributed by atoms with Gasteiger partial charge in [-0.05, 0) is 93.1 Å². The fourth-order valence-corrected chi connectivity index (χ4v) is 3.42. The Bertz CT molecular complexity index is 1150. The third-order valence-corrected chi connectivity index (χ3v) is 5.12. The van der Waals surface area contributed by atoms with E-state index in [1.54, 1.807) is 42.7 Å². The van der Waals surface area contributed by atoms with Crippen LogP contribution in [0.2, 0.25) is 0 Å². The van der Waals surface area contributed by atoms with E-state index in [9.17, 15) is 4.79 Å². The van der Waals surface area contributed by atoms with Crippen molar-refractivity contribution in [2.24, 2.45) is 0 Å². The average Bonchev–Trinajstić information content (AvgIpc) is 3.31. The van der Waals surface area contributed by atoms with E-state index >= 15 is 0 Å². The number of anilines is 1. The summed E-state index contributed by atoms with van der Waals surface area (Å²) in [5.41, 5.74) is 2.84. The average molecular weight is 535 g/mol. The molecule has 0 saturated heterocycles. The molecule has 0 unspecified atom stereocenters. The highest BCUT2D eigenvalue weighted by Gasteiger charge is 2.12.